The molecule has 0 spiro atoms. The first-order valence-electron chi connectivity index (χ1n) is 7.10. The quantitative estimate of drug-likeness (QED) is 0.847. The topological polar surface area (TPSA) is 84.1 Å². The molecule has 20 heavy (non-hydrogen) atoms. The summed E-state index contributed by atoms with van der Waals surface area (Å²) in [6, 6.07) is 1.78. The molecule has 0 radical (unpaired) electrons. The lowest BCUT2D eigenvalue weighted by molar-refractivity contribution is -0.119. The van der Waals surface area contributed by atoms with Crippen LogP contribution in [0, 0.1) is 12.8 Å². The number of aromatic nitrogens is 2. The first-order valence-corrected chi connectivity index (χ1v) is 7.10. The minimum Gasteiger partial charge on any atom is -0.384 e. The van der Waals surface area contributed by atoms with Crippen molar-refractivity contribution in [3.05, 3.63) is 17.6 Å². The van der Waals surface area contributed by atoms with Crippen molar-refractivity contribution in [1.82, 2.24) is 20.2 Å². The van der Waals surface area contributed by atoms with E-state index >= 15 is 0 Å². The fourth-order valence-corrected chi connectivity index (χ4v) is 2.56. The Kier molecular flexibility index (Phi) is 4.89. The molecule has 0 bridgehead atoms. The van der Waals surface area contributed by atoms with E-state index < -0.39 is 0 Å². The number of hydrogen-bond donors (Lipinski definition) is 2. The molecule has 0 atom stereocenters. The van der Waals surface area contributed by atoms with Crippen molar-refractivity contribution in [3.8, 4) is 0 Å². The molecule has 1 saturated heterocycles. The maximum Gasteiger partial charge on any atom is 0.216 e. The van der Waals surface area contributed by atoms with Crippen molar-refractivity contribution in [3.63, 3.8) is 0 Å². The number of aryl methyl sites for hydroxylation is 1. The molecule has 2 heterocycles. The second-order valence-corrected chi connectivity index (χ2v) is 5.51. The number of hydrogen-bond acceptors (Lipinski definition) is 5. The molecule has 6 heteroatoms. The minimum atomic E-state index is 0.0519. The second-order valence-electron chi connectivity index (χ2n) is 5.51. The summed E-state index contributed by atoms with van der Waals surface area (Å²) in [6.07, 6.45) is 2.20. The van der Waals surface area contributed by atoms with Crippen LogP contribution in [0.15, 0.2) is 6.07 Å². The first kappa shape index (κ1) is 14.7. The summed E-state index contributed by atoms with van der Waals surface area (Å²) in [7, 11) is 0. The van der Waals surface area contributed by atoms with Crippen molar-refractivity contribution >= 4 is 11.7 Å². The standard InChI is InChI=1S/C14H23N5O/c1-10-7-13(15)18-14(17-10)9-19-5-3-12(4-6-19)8-16-11(2)20/h7,12H,3-6,8-9H2,1-2H3,(H,16,20)(H2,15,17,18). The molecule has 1 aliphatic heterocycles. The van der Waals surface area contributed by atoms with Crippen LogP contribution in [0.2, 0.25) is 0 Å². The van der Waals surface area contributed by atoms with Crippen molar-refractivity contribution in [2.75, 3.05) is 25.4 Å². The van der Waals surface area contributed by atoms with Crippen LogP contribution in [0.4, 0.5) is 5.82 Å². The summed E-state index contributed by atoms with van der Waals surface area (Å²) in [5.74, 6) is 1.96. The van der Waals surface area contributed by atoms with Gasteiger partial charge in [-0.3, -0.25) is 9.69 Å². The monoisotopic (exact) mass is 277 g/mol. The van der Waals surface area contributed by atoms with Crippen LogP contribution in [0.3, 0.4) is 0 Å². The number of anilines is 1. The van der Waals surface area contributed by atoms with Gasteiger partial charge in [-0.25, -0.2) is 9.97 Å². The van der Waals surface area contributed by atoms with Gasteiger partial charge in [-0.2, -0.15) is 0 Å². The molecule has 0 aromatic carbocycles. The van der Waals surface area contributed by atoms with Gasteiger partial charge in [-0.05, 0) is 38.8 Å². The summed E-state index contributed by atoms with van der Waals surface area (Å²) in [5, 5.41) is 2.90. The van der Waals surface area contributed by atoms with Gasteiger partial charge in [-0.1, -0.05) is 0 Å². The van der Waals surface area contributed by atoms with Gasteiger partial charge in [-0.15, -0.1) is 0 Å². The Balaban J connectivity index is 1.80. The van der Waals surface area contributed by atoms with Crippen molar-refractivity contribution in [1.29, 1.82) is 0 Å². The molecule has 1 aromatic rings. The third kappa shape index (κ3) is 4.45. The summed E-state index contributed by atoms with van der Waals surface area (Å²) >= 11 is 0. The third-order valence-corrected chi connectivity index (χ3v) is 3.63. The third-order valence-electron chi connectivity index (χ3n) is 3.63. The summed E-state index contributed by atoms with van der Waals surface area (Å²) in [5.41, 5.74) is 6.65. The van der Waals surface area contributed by atoms with E-state index in [2.05, 4.69) is 20.2 Å². The number of nitrogens with zero attached hydrogens (tertiary/aromatic N) is 3. The normalized spacial score (nSPS) is 17.1. The lowest BCUT2D eigenvalue weighted by Crippen LogP contribution is -2.38. The minimum absolute atomic E-state index is 0.0519. The molecule has 6 nitrogen and oxygen atoms in total. The number of likely N-dealkylation sites (tertiary alicyclic amines) is 1. The lowest BCUT2D eigenvalue weighted by atomic mass is 9.97. The number of nitrogens with two attached hydrogens (primary N) is 1. The van der Waals surface area contributed by atoms with E-state index in [4.69, 9.17) is 5.73 Å². The molecular formula is C14H23N5O. The zero-order chi connectivity index (χ0) is 14.5. The molecular weight excluding hydrogens is 254 g/mol. The van der Waals surface area contributed by atoms with E-state index in [-0.39, 0.29) is 5.91 Å². The predicted molar refractivity (Wildman–Crippen MR) is 77.9 cm³/mol. The van der Waals surface area contributed by atoms with E-state index in [1.807, 2.05) is 6.92 Å². The average molecular weight is 277 g/mol. The molecule has 3 N–H and O–H groups in total. The van der Waals surface area contributed by atoms with E-state index in [0.717, 1.165) is 50.5 Å². The van der Waals surface area contributed by atoms with Crippen LogP contribution in [0.25, 0.3) is 0 Å². The Morgan fingerprint density at radius 1 is 1.45 bits per heavy atom. The molecule has 0 aliphatic carbocycles. The zero-order valence-corrected chi connectivity index (χ0v) is 12.2. The number of rotatable bonds is 4. The smallest absolute Gasteiger partial charge is 0.216 e. The molecule has 1 aliphatic rings. The van der Waals surface area contributed by atoms with E-state index in [0.29, 0.717) is 11.7 Å². The van der Waals surface area contributed by atoms with Gasteiger partial charge in [0.15, 0.2) is 0 Å². The second kappa shape index (κ2) is 6.65. The van der Waals surface area contributed by atoms with Gasteiger partial charge < -0.3 is 11.1 Å². The molecule has 1 aromatic heterocycles. The fourth-order valence-electron chi connectivity index (χ4n) is 2.56. The number of nitrogen functional groups attached to an aromatic ring is 1. The van der Waals surface area contributed by atoms with Crippen LogP contribution >= 0.6 is 0 Å². The number of amides is 1. The highest BCUT2D eigenvalue weighted by Crippen LogP contribution is 2.18. The van der Waals surface area contributed by atoms with Gasteiger partial charge in [0.2, 0.25) is 5.91 Å². The number of carbonyl (C=O) groups excluding carboxylic acids is 1. The van der Waals surface area contributed by atoms with Gasteiger partial charge in [0.25, 0.3) is 0 Å². The van der Waals surface area contributed by atoms with Crippen molar-refractivity contribution in [2.24, 2.45) is 5.92 Å². The number of nitrogens with one attached hydrogen (secondary N) is 1. The molecule has 0 unspecified atom stereocenters. The Hall–Kier alpha value is -1.69. The fraction of sp³-hybridized carbons (Fsp3) is 0.643. The summed E-state index contributed by atoms with van der Waals surface area (Å²) in [6.45, 7) is 7.06. The highest BCUT2D eigenvalue weighted by Gasteiger charge is 2.20. The van der Waals surface area contributed by atoms with Crippen LogP contribution in [0.5, 0.6) is 0 Å². The van der Waals surface area contributed by atoms with E-state index in [1.54, 1.807) is 13.0 Å². The predicted octanol–water partition coefficient (Wildman–Crippen LogP) is 0.715. The largest absolute Gasteiger partial charge is 0.384 e. The summed E-state index contributed by atoms with van der Waals surface area (Å²) < 4.78 is 0. The van der Waals surface area contributed by atoms with Gasteiger partial charge in [0.1, 0.15) is 11.6 Å². The van der Waals surface area contributed by atoms with Crippen LogP contribution in [-0.2, 0) is 11.3 Å². The lowest BCUT2D eigenvalue weighted by Gasteiger charge is -2.31. The summed E-state index contributed by atoms with van der Waals surface area (Å²) in [4.78, 5) is 21.9. The molecule has 110 valence electrons. The molecule has 1 fully saturated rings. The van der Waals surface area contributed by atoms with Gasteiger partial charge in [0, 0.05) is 25.2 Å². The average Bonchev–Trinajstić information content (AvgIpc) is 2.36. The van der Waals surface area contributed by atoms with Crippen molar-refractivity contribution in [2.45, 2.75) is 33.2 Å². The Bertz CT molecular complexity index is 448. The SMILES string of the molecule is CC(=O)NCC1CCN(Cc2nc(C)cc(N)n2)CC1. The van der Waals surface area contributed by atoms with E-state index in [1.165, 1.54) is 0 Å². The Morgan fingerprint density at radius 3 is 2.75 bits per heavy atom. The first-order chi connectivity index (χ1) is 9.52. The van der Waals surface area contributed by atoms with Gasteiger partial charge in [0.05, 0.1) is 6.54 Å². The molecule has 0 saturated carbocycles. The highest BCUT2D eigenvalue weighted by atomic mass is 16.1. The Labute approximate surface area is 119 Å². The highest BCUT2D eigenvalue weighted by molar-refractivity contribution is 5.72. The maximum absolute atomic E-state index is 10.9. The number of carbonyl (C=O) groups is 1. The van der Waals surface area contributed by atoms with Crippen LogP contribution in [-0.4, -0.2) is 40.4 Å². The van der Waals surface area contributed by atoms with Crippen LogP contribution in [0.1, 0.15) is 31.3 Å². The Morgan fingerprint density at radius 2 is 2.15 bits per heavy atom. The van der Waals surface area contributed by atoms with Gasteiger partial charge >= 0.3 is 0 Å². The number of piperidine rings is 1. The van der Waals surface area contributed by atoms with Crippen LogP contribution < -0.4 is 11.1 Å². The molecule has 2 rings (SSSR count). The van der Waals surface area contributed by atoms with Crippen molar-refractivity contribution < 1.29 is 4.79 Å². The van der Waals surface area contributed by atoms with E-state index in [9.17, 15) is 4.79 Å². The zero-order valence-electron chi connectivity index (χ0n) is 12.2. The molecule has 1 amide bonds. The maximum atomic E-state index is 10.9.